The molecule has 1 aliphatic heterocycles. The Balaban J connectivity index is 1.42. The molecule has 2 unspecified atom stereocenters. The van der Waals surface area contributed by atoms with Crippen LogP contribution in [-0.4, -0.2) is 63.4 Å². The van der Waals surface area contributed by atoms with Gasteiger partial charge in [0.2, 0.25) is 0 Å². The first-order valence-corrected chi connectivity index (χ1v) is 10.5. The second-order valence-electron chi connectivity index (χ2n) is 7.32. The van der Waals surface area contributed by atoms with Crippen LogP contribution in [0.5, 0.6) is 0 Å². The van der Waals surface area contributed by atoms with Crippen LogP contribution in [-0.2, 0) is 0 Å². The van der Waals surface area contributed by atoms with E-state index in [1.807, 2.05) is 6.92 Å². The number of anilines is 2. The summed E-state index contributed by atoms with van der Waals surface area (Å²) in [5, 5.41) is 21.8. The summed E-state index contributed by atoms with van der Waals surface area (Å²) in [7, 11) is 0. The fraction of sp³-hybridized carbons (Fsp3) is 0.350. The molecule has 3 aromatic rings. The minimum absolute atomic E-state index is 0.133. The summed E-state index contributed by atoms with van der Waals surface area (Å²) in [5.41, 5.74) is 0.681. The first-order chi connectivity index (χ1) is 14.9. The summed E-state index contributed by atoms with van der Waals surface area (Å²) in [6.07, 6.45) is 0.147. The molecule has 1 aromatic carbocycles. The zero-order valence-corrected chi connectivity index (χ0v) is 17.4. The standard InChI is InChI=1S/C20H21F2N5O3S/c1-11-9-26(18-14(22)6-12(8-23-18)16(29)10-28)4-5-27(11)20(30)25-19-24-15-7-13(21)2-3-17(15)31-19/h2-3,6-8,11,16,28-29H,4-5,9-10H2,1H3,(H,24,25,30). The van der Waals surface area contributed by atoms with Crippen molar-refractivity contribution < 1.29 is 23.8 Å². The predicted octanol–water partition coefficient (Wildman–Crippen LogP) is 2.74. The van der Waals surface area contributed by atoms with Gasteiger partial charge in [0.15, 0.2) is 16.8 Å². The summed E-state index contributed by atoms with van der Waals surface area (Å²) >= 11 is 1.26. The number of nitrogens with zero attached hydrogens (tertiary/aromatic N) is 4. The molecule has 4 rings (SSSR count). The number of rotatable bonds is 4. The van der Waals surface area contributed by atoms with Gasteiger partial charge in [-0.25, -0.2) is 23.5 Å². The number of carbonyl (C=O) groups is 1. The Morgan fingerprint density at radius 2 is 2.16 bits per heavy atom. The molecule has 1 aliphatic rings. The topological polar surface area (TPSA) is 102 Å². The highest BCUT2D eigenvalue weighted by Gasteiger charge is 2.30. The quantitative estimate of drug-likeness (QED) is 0.566. The molecule has 0 radical (unpaired) electrons. The van der Waals surface area contributed by atoms with E-state index in [0.29, 0.717) is 30.3 Å². The minimum atomic E-state index is -1.19. The second kappa shape index (κ2) is 8.69. The van der Waals surface area contributed by atoms with Crippen LogP contribution in [0, 0.1) is 11.6 Å². The lowest BCUT2D eigenvalue weighted by Gasteiger charge is -2.40. The van der Waals surface area contributed by atoms with E-state index < -0.39 is 18.5 Å². The second-order valence-corrected chi connectivity index (χ2v) is 8.35. The van der Waals surface area contributed by atoms with Gasteiger partial charge in [-0.3, -0.25) is 5.32 Å². The average molecular weight is 449 g/mol. The Kier molecular flexibility index (Phi) is 5.99. The third kappa shape index (κ3) is 4.43. The van der Waals surface area contributed by atoms with Crippen LogP contribution in [0.1, 0.15) is 18.6 Å². The Morgan fingerprint density at radius 1 is 1.35 bits per heavy atom. The molecule has 3 N–H and O–H groups in total. The zero-order valence-electron chi connectivity index (χ0n) is 16.6. The van der Waals surface area contributed by atoms with Crippen LogP contribution in [0.3, 0.4) is 0 Å². The SMILES string of the molecule is CC1CN(c2ncc(C(O)CO)cc2F)CCN1C(=O)Nc1nc2cc(F)ccc2s1. The number of carbonyl (C=O) groups excluding carboxylic acids is 1. The predicted molar refractivity (Wildman–Crippen MR) is 113 cm³/mol. The molecule has 0 bridgehead atoms. The first-order valence-electron chi connectivity index (χ1n) is 9.68. The van der Waals surface area contributed by atoms with Gasteiger partial charge in [0, 0.05) is 43.5 Å². The minimum Gasteiger partial charge on any atom is -0.393 e. The molecular weight excluding hydrogens is 428 g/mol. The fourth-order valence-corrected chi connectivity index (χ4v) is 4.37. The van der Waals surface area contributed by atoms with E-state index in [1.54, 1.807) is 15.9 Å². The van der Waals surface area contributed by atoms with E-state index >= 15 is 0 Å². The normalized spacial score (nSPS) is 17.8. The maximum Gasteiger partial charge on any atom is 0.324 e. The molecule has 2 amide bonds. The van der Waals surface area contributed by atoms with Crippen LogP contribution in [0.4, 0.5) is 24.5 Å². The maximum absolute atomic E-state index is 14.5. The van der Waals surface area contributed by atoms with E-state index in [0.717, 1.165) is 10.8 Å². The molecule has 164 valence electrons. The lowest BCUT2D eigenvalue weighted by molar-refractivity contribution is 0.0951. The van der Waals surface area contributed by atoms with Gasteiger partial charge in [0.25, 0.3) is 0 Å². The summed E-state index contributed by atoms with van der Waals surface area (Å²) in [4.78, 5) is 24.4. The average Bonchev–Trinajstić information content (AvgIpc) is 3.14. The molecule has 0 aliphatic carbocycles. The van der Waals surface area contributed by atoms with Crippen molar-refractivity contribution in [3.8, 4) is 0 Å². The Bertz CT molecular complexity index is 1110. The number of piperazine rings is 1. The number of urea groups is 1. The Labute approximate surface area is 180 Å². The molecular formula is C20H21F2N5O3S. The highest BCUT2D eigenvalue weighted by Crippen LogP contribution is 2.27. The molecule has 8 nitrogen and oxygen atoms in total. The molecule has 0 saturated carbocycles. The third-order valence-electron chi connectivity index (χ3n) is 5.15. The highest BCUT2D eigenvalue weighted by atomic mass is 32.1. The van der Waals surface area contributed by atoms with Crippen LogP contribution < -0.4 is 10.2 Å². The number of hydrogen-bond donors (Lipinski definition) is 3. The van der Waals surface area contributed by atoms with Crippen molar-refractivity contribution in [2.45, 2.75) is 19.1 Å². The van der Waals surface area contributed by atoms with Crippen LogP contribution in [0.2, 0.25) is 0 Å². The third-order valence-corrected chi connectivity index (χ3v) is 6.10. The van der Waals surface area contributed by atoms with Crippen LogP contribution >= 0.6 is 11.3 Å². The maximum atomic E-state index is 14.5. The van der Waals surface area contributed by atoms with E-state index in [2.05, 4.69) is 15.3 Å². The molecule has 3 heterocycles. The summed E-state index contributed by atoms with van der Waals surface area (Å²) < 4.78 is 28.6. The van der Waals surface area contributed by atoms with Crippen molar-refractivity contribution in [1.82, 2.24) is 14.9 Å². The number of fused-ring (bicyclic) bond motifs is 1. The lowest BCUT2D eigenvalue weighted by atomic mass is 10.1. The lowest BCUT2D eigenvalue weighted by Crippen LogP contribution is -2.55. The number of benzene rings is 1. The number of amides is 2. The molecule has 2 atom stereocenters. The van der Waals surface area contributed by atoms with Gasteiger partial charge >= 0.3 is 6.03 Å². The Hall–Kier alpha value is -2.89. The van der Waals surface area contributed by atoms with Crippen molar-refractivity contribution in [3.63, 3.8) is 0 Å². The van der Waals surface area contributed by atoms with Gasteiger partial charge < -0.3 is 20.0 Å². The van der Waals surface area contributed by atoms with Crippen LogP contribution in [0.15, 0.2) is 30.5 Å². The smallest absolute Gasteiger partial charge is 0.324 e. The van der Waals surface area contributed by atoms with Gasteiger partial charge in [0.05, 0.1) is 16.8 Å². The Morgan fingerprint density at radius 3 is 2.87 bits per heavy atom. The zero-order chi connectivity index (χ0) is 22.1. The summed E-state index contributed by atoms with van der Waals surface area (Å²) in [5.74, 6) is -0.856. The van der Waals surface area contributed by atoms with Gasteiger partial charge in [-0.05, 0) is 25.1 Å². The van der Waals surface area contributed by atoms with Crippen molar-refractivity contribution in [2.24, 2.45) is 0 Å². The first kappa shape index (κ1) is 21.3. The molecule has 0 spiro atoms. The monoisotopic (exact) mass is 449 g/mol. The van der Waals surface area contributed by atoms with Crippen molar-refractivity contribution >= 4 is 38.5 Å². The number of aliphatic hydroxyl groups is 2. The molecule has 31 heavy (non-hydrogen) atoms. The van der Waals surface area contributed by atoms with Crippen molar-refractivity contribution in [2.75, 3.05) is 36.5 Å². The number of nitrogens with one attached hydrogen (secondary N) is 1. The fourth-order valence-electron chi connectivity index (χ4n) is 3.53. The number of thiazole rings is 1. The highest BCUT2D eigenvalue weighted by molar-refractivity contribution is 7.22. The number of aromatic nitrogens is 2. The van der Waals surface area contributed by atoms with E-state index in [4.69, 9.17) is 5.11 Å². The largest absolute Gasteiger partial charge is 0.393 e. The molecule has 11 heteroatoms. The summed E-state index contributed by atoms with van der Waals surface area (Å²) in [6.45, 7) is 2.41. The summed E-state index contributed by atoms with van der Waals surface area (Å²) in [6, 6.07) is 4.87. The van der Waals surface area contributed by atoms with Gasteiger partial charge in [-0.1, -0.05) is 11.3 Å². The molecule has 1 fully saturated rings. The van der Waals surface area contributed by atoms with Crippen molar-refractivity contribution in [1.29, 1.82) is 0 Å². The number of halogens is 2. The van der Waals surface area contributed by atoms with Crippen LogP contribution in [0.25, 0.3) is 10.2 Å². The molecule has 2 aromatic heterocycles. The van der Waals surface area contributed by atoms with Gasteiger partial charge in [-0.2, -0.15) is 0 Å². The van der Waals surface area contributed by atoms with E-state index in [-0.39, 0.29) is 29.3 Å². The van der Waals surface area contributed by atoms with Gasteiger partial charge in [0.1, 0.15) is 11.9 Å². The number of hydrogen-bond acceptors (Lipinski definition) is 7. The number of aliphatic hydroxyl groups excluding tert-OH is 2. The molecule has 1 saturated heterocycles. The van der Waals surface area contributed by atoms with Gasteiger partial charge in [-0.15, -0.1) is 0 Å². The number of pyridine rings is 1. The van der Waals surface area contributed by atoms with E-state index in [9.17, 15) is 18.7 Å². The van der Waals surface area contributed by atoms with E-state index in [1.165, 1.54) is 29.7 Å². The van der Waals surface area contributed by atoms with Crippen molar-refractivity contribution in [3.05, 3.63) is 47.7 Å².